The minimum Gasteiger partial charge on any atom is -0.496 e. The number of Topliss-reactive ketones (excluding diaryl/α,β-unsaturated/α-hetero) is 2. The van der Waals surface area contributed by atoms with E-state index in [4.69, 9.17) is 67.5 Å². The van der Waals surface area contributed by atoms with Crippen LogP contribution in [0.5, 0.6) is 11.5 Å². The number of aryl methyl sites for hydroxylation is 1. The molecule has 4 N–H and O–H groups in total. The Balaban J connectivity index is 1.28. The van der Waals surface area contributed by atoms with E-state index in [1.165, 1.54) is 75.7 Å². The number of amides is 4. The lowest BCUT2D eigenvalue weighted by atomic mass is 10.1. The van der Waals surface area contributed by atoms with E-state index < -0.39 is 47.3 Å². The number of alkyl halides is 3. The average Bonchev–Trinajstić information content (AvgIpc) is 3.30. The zero-order chi connectivity index (χ0) is 50.2. The second-order valence-electron chi connectivity index (χ2n) is 14.9. The molecule has 0 bridgehead atoms. The first-order valence-corrected chi connectivity index (χ1v) is 23.3. The van der Waals surface area contributed by atoms with E-state index in [0.29, 0.717) is 52.4 Å². The number of hydrogen-bond acceptors (Lipinski definition) is 12. The summed E-state index contributed by atoms with van der Waals surface area (Å²) in [7, 11) is 3.03. The second-order valence-corrected chi connectivity index (χ2v) is 16.9. The molecule has 2 unspecified atom stereocenters. The molecule has 0 aromatic heterocycles. The topological polar surface area (TPSA) is 218 Å². The number of benzene rings is 5. The smallest absolute Gasteiger partial charge is 0.258 e. The Morgan fingerprint density at radius 3 is 1.41 bits per heavy atom. The zero-order valence-electron chi connectivity index (χ0n) is 37.5. The van der Waals surface area contributed by atoms with Gasteiger partial charge < -0.3 is 30.7 Å². The first-order valence-electron chi connectivity index (χ1n) is 20.9. The van der Waals surface area contributed by atoms with Crippen molar-refractivity contribution in [3.8, 4) is 11.5 Å². The highest BCUT2D eigenvalue weighted by Crippen LogP contribution is 2.31. The predicted octanol–water partition coefficient (Wildman–Crippen LogP) is 11.2. The van der Waals surface area contributed by atoms with Crippen LogP contribution >= 0.6 is 58.0 Å². The highest BCUT2D eigenvalue weighted by Gasteiger charge is 2.26. The number of anilines is 4. The van der Waals surface area contributed by atoms with E-state index in [1.807, 2.05) is 0 Å². The van der Waals surface area contributed by atoms with Crippen LogP contribution in [-0.4, -0.2) is 79.1 Å². The number of nitrogens with one attached hydrogen (secondary N) is 4. The van der Waals surface area contributed by atoms with Gasteiger partial charge >= 0.3 is 0 Å². The summed E-state index contributed by atoms with van der Waals surface area (Å²) in [5.41, 5.74) is 3.73. The summed E-state index contributed by atoms with van der Waals surface area (Å²) in [6.07, 6.45) is 1.06. The van der Waals surface area contributed by atoms with Gasteiger partial charge in [-0.3, -0.25) is 28.8 Å². The minimum absolute atomic E-state index is 0.0899. The molecule has 0 aliphatic heterocycles. The molecule has 0 spiro atoms. The van der Waals surface area contributed by atoms with Gasteiger partial charge in [-0.05, 0) is 118 Å². The van der Waals surface area contributed by atoms with Crippen molar-refractivity contribution in [3.05, 3.63) is 129 Å². The number of hydrogen-bond donors (Lipinski definition) is 4. The Morgan fingerprint density at radius 1 is 0.536 bits per heavy atom. The van der Waals surface area contributed by atoms with Crippen LogP contribution in [0, 0.1) is 0 Å². The van der Waals surface area contributed by atoms with Crippen molar-refractivity contribution in [3.63, 3.8) is 0 Å². The molecule has 69 heavy (non-hydrogen) atoms. The van der Waals surface area contributed by atoms with E-state index >= 15 is 0 Å². The van der Waals surface area contributed by atoms with Crippen LogP contribution in [0.2, 0.25) is 10.0 Å². The van der Waals surface area contributed by atoms with Gasteiger partial charge in [-0.25, -0.2) is 0 Å². The van der Waals surface area contributed by atoms with Crippen molar-refractivity contribution in [1.29, 1.82) is 0 Å². The van der Waals surface area contributed by atoms with Crippen LogP contribution in [0.15, 0.2) is 111 Å². The van der Waals surface area contributed by atoms with Gasteiger partial charge in [-0.1, -0.05) is 35.3 Å². The quantitative estimate of drug-likeness (QED) is 0.0296. The van der Waals surface area contributed by atoms with Gasteiger partial charge in [0.25, 0.3) is 23.6 Å². The van der Waals surface area contributed by atoms with Crippen LogP contribution in [-0.2, 0) is 38.4 Å². The van der Waals surface area contributed by atoms with Crippen molar-refractivity contribution < 1.29 is 38.2 Å². The standard InChI is InChI=1S/C48H45Cl5N8O8/c1-26(62)43(60-58-34-22-29(19-31(52)24-34)45(64)56-39-7-5-9-41(68-3)36(39)14-17-50)47(66)54-33-11-12-38(28(21-33)13-16-49)55-48(67)44(27(2)63)61-59-35-23-30(20-32(53)25-35)46(65)57-40-8-6-10-42(69-4)37(40)15-18-51/h5-12,19-25,43-44H,13-18H2,1-4H3,(H,54,66)(H,55,67)(H,56,64)(H,57,65). The molecule has 4 amide bonds. The number of ether oxygens (including phenoxy) is 2. The van der Waals surface area contributed by atoms with E-state index in [0.717, 1.165) is 6.92 Å². The third-order valence-corrected chi connectivity index (χ3v) is 11.0. The lowest BCUT2D eigenvalue weighted by molar-refractivity contribution is -0.127. The summed E-state index contributed by atoms with van der Waals surface area (Å²) < 4.78 is 10.8. The molecule has 360 valence electrons. The Labute approximate surface area is 422 Å². The fourth-order valence-electron chi connectivity index (χ4n) is 6.77. The molecule has 21 heteroatoms. The third-order valence-electron chi connectivity index (χ3n) is 10.0. The lowest BCUT2D eigenvalue weighted by Gasteiger charge is -2.16. The molecule has 0 fully saturated rings. The normalized spacial score (nSPS) is 12.0. The number of carbonyl (C=O) groups is 6. The number of ketones is 2. The van der Waals surface area contributed by atoms with E-state index in [1.54, 1.807) is 36.4 Å². The molecule has 0 radical (unpaired) electrons. The predicted molar refractivity (Wildman–Crippen MR) is 270 cm³/mol. The van der Waals surface area contributed by atoms with Crippen LogP contribution in [0.3, 0.4) is 0 Å². The second kappa shape index (κ2) is 25.8. The molecule has 5 aromatic rings. The molecular weight excluding hydrogens is 994 g/mol. The molecule has 2 atom stereocenters. The Bertz CT molecular complexity index is 2810. The highest BCUT2D eigenvalue weighted by molar-refractivity contribution is 6.32. The van der Waals surface area contributed by atoms with Crippen LogP contribution in [0.25, 0.3) is 0 Å². The maximum atomic E-state index is 13.6. The Hall–Kier alpha value is -6.43. The largest absolute Gasteiger partial charge is 0.496 e. The molecule has 0 saturated carbocycles. The van der Waals surface area contributed by atoms with Gasteiger partial charge in [0.05, 0.1) is 25.6 Å². The van der Waals surface area contributed by atoms with E-state index in [9.17, 15) is 28.8 Å². The van der Waals surface area contributed by atoms with Gasteiger partial charge in [0.1, 0.15) is 11.5 Å². The van der Waals surface area contributed by atoms with Crippen molar-refractivity contribution in [1.82, 2.24) is 0 Å². The molecule has 0 saturated heterocycles. The number of nitrogens with zero attached hydrogens (tertiary/aromatic N) is 4. The zero-order valence-corrected chi connectivity index (χ0v) is 41.3. The van der Waals surface area contributed by atoms with E-state index in [-0.39, 0.29) is 68.0 Å². The summed E-state index contributed by atoms with van der Waals surface area (Å²) in [5, 5.41) is 27.4. The van der Waals surface area contributed by atoms with Gasteiger partial charge in [-0.15, -0.1) is 34.8 Å². The highest BCUT2D eigenvalue weighted by atomic mass is 35.5. The number of halogens is 5. The monoisotopic (exact) mass is 1040 g/mol. The first kappa shape index (κ1) is 53.5. The van der Waals surface area contributed by atoms with Crippen LogP contribution in [0.1, 0.15) is 51.3 Å². The number of rotatable bonds is 22. The van der Waals surface area contributed by atoms with Gasteiger partial charge in [0.15, 0.2) is 11.6 Å². The van der Waals surface area contributed by atoms with Crippen molar-refractivity contribution in [2.75, 3.05) is 53.1 Å². The maximum absolute atomic E-state index is 13.6. The summed E-state index contributed by atoms with van der Waals surface area (Å²) >= 11 is 30.8. The molecule has 0 aliphatic rings. The fraction of sp³-hybridized carbons (Fsp3) is 0.250. The van der Waals surface area contributed by atoms with Crippen molar-refractivity contribution in [2.24, 2.45) is 20.5 Å². The lowest BCUT2D eigenvalue weighted by Crippen LogP contribution is -2.32. The van der Waals surface area contributed by atoms with Gasteiger partial charge in [-0.2, -0.15) is 20.5 Å². The maximum Gasteiger partial charge on any atom is 0.258 e. The minimum atomic E-state index is -1.62. The summed E-state index contributed by atoms with van der Waals surface area (Å²) in [6.45, 7) is 2.33. The molecule has 5 rings (SSSR count). The Kier molecular flexibility index (Phi) is 20.0. The molecular formula is C48H45Cl5N8O8. The third kappa shape index (κ3) is 14.8. The molecule has 5 aromatic carbocycles. The van der Waals surface area contributed by atoms with Crippen LogP contribution < -0.4 is 30.7 Å². The molecule has 0 aliphatic carbocycles. The summed E-state index contributed by atoms with van der Waals surface area (Å²) in [6, 6.07) is 20.0. The van der Waals surface area contributed by atoms with Gasteiger partial charge in [0, 0.05) is 72.7 Å². The average molecular weight is 1040 g/mol. The number of methoxy groups -OCH3 is 2. The SMILES string of the molecule is COc1cccc(NC(=O)c2cc(Cl)cc(N=NC(C(C)=O)C(=O)Nc3ccc(NC(=O)C(N=Nc4cc(Cl)cc(C(=O)Nc5cccc(OC)c5CCCl)c4)C(C)=O)c(CCCl)c3)c2)c1CCCl. The fourth-order valence-corrected chi connectivity index (χ4v) is 7.81. The number of azo groups is 2. The van der Waals surface area contributed by atoms with Crippen molar-refractivity contribution in [2.45, 2.75) is 45.2 Å². The van der Waals surface area contributed by atoms with Crippen molar-refractivity contribution >= 4 is 127 Å². The Morgan fingerprint density at radius 2 is 0.986 bits per heavy atom. The molecule has 0 heterocycles. The summed E-state index contributed by atoms with van der Waals surface area (Å²) in [5.74, 6) is -2.21. The number of carbonyl (C=O) groups excluding carboxylic acids is 6. The van der Waals surface area contributed by atoms with Crippen LogP contribution in [0.4, 0.5) is 34.1 Å². The summed E-state index contributed by atoms with van der Waals surface area (Å²) in [4.78, 5) is 79.2. The van der Waals surface area contributed by atoms with E-state index in [2.05, 4.69) is 41.7 Å². The van der Waals surface area contributed by atoms with Gasteiger partial charge in [0.2, 0.25) is 12.1 Å². The molecule has 16 nitrogen and oxygen atoms in total. The first-order chi connectivity index (χ1) is 33.1.